The number of rotatable bonds is 4. The van der Waals surface area contributed by atoms with Crippen molar-refractivity contribution in [2.24, 2.45) is 5.92 Å². The minimum absolute atomic E-state index is 0.00168. The highest BCUT2D eigenvalue weighted by Crippen LogP contribution is 2.50. The number of methoxy groups -OCH3 is 1. The third-order valence-electron chi connectivity index (χ3n) is 4.98. The largest absolute Gasteiger partial charge is 0.469 e. The number of fused-ring (bicyclic) bond motifs is 1. The lowest BCUT2D eigenvalue weighted by atomic mass is 10.1. The molecule has 0 radical (unpaired) electrons. The molecular formula is C20H19NO4S. The minimum atomic E-state index is -3.71. The van der Waals surface area contributed by atoms with E-state index in [1.54, 1.807) is 36.5 Å². The van der Waals surface area contributed by atoms with Crippen LogP contribution in [0.3, 0.4) is 0 Å². The molecular weight excluding hydrogens is 350 g/mol. The smallest absolute Gasteiger partial charge is 0.309 e. The number of carbonyl (C=O) groups excluding carboxylic acids is 1. The molecule has 0 amide bonds. The summed E-state index contributed by atoms with van der Waals surface area (Å²) >= 11 is 0. The lowest BCUT2D eigenvalue weighted by molar-refractivity contribution is -0.142. The molecule has 0 aliphatic heterocycles. The summed E-state index contributed by atoms with van der Waals surface area (Å²) in [4.78, 5) is 12.0. The van der Waals surface area contributed by atoms with Gasteiger partial charge >= 0.3 is 5.97 Å². The first-order valence-corrected chi connectivity index (χ1v) is 9.87. The molecule has 1 aliphatic rings. The van der Waals surface area contributed by atoms with E-state index in [0.29, 0.717) is 11.9 Å². The van der Waals surface area contributed by atoms with E-state index in [2.05, 4.69) is 0 Å². The quantitative estimate of drug-likeness (QED) is 0.661. The predicted octanol–water partition coefficient (Wildman–Crippen LogP) is 3.46. The van der Waals surface area contributed by atoms with Crippen LogP contribution in [-0.2, 0) is 19.6 Å². The van der Waals surface area contributed by atoms with Crippen molar-refractivity contribution in [2.45, 2.75) is 24.2 Å². The maximum atomic E-state index is 13.2. The molecule has 0 spiro atoms. The van der Waals surface area contributed by atoms with Crippen molar-refractivity contribution in [2.75, 3.05) is 7.11 Å². The Morgan fingerprint density at radius 3 is 2.50 bits per heavy atom. The molecule has 3 aromatic rings. The molecule has 134 valence electrons. The number of aryl methyl sites for hydroxylation is 1. The lowest BCUT2D eigenvalue weighted by Gasteiger charge is -2.07. The number of para-hydroxylation sites is 1. The Labute approximate surface area is 152 Å². The molecule has 0 bridgehead atoms. The van der Waals surface area contributed by atoms with Crippen molar-refractivity contribution in [1.29, 1.82) is 0 Å². The van der Waals surface area contributed by atoms with Crippen molar-refractivity contribution < 1.29 is 17.9 Å². The van der Waals surface area contributed by atoms with Gasteiger partial charge in [0.15, 0.2) is 0 Å². The van der Waals surface area contributed by atoms with Gasteiger partial charge in [0.25, 0.3) is 10.0 Å². The maximum absolute atomic E-state index is 13.2. The summed E-state index contributed by atoms with van der Waals surface area (Å²) in [5, 5.41) is 0.861. The second-order valence-electron chi connectivity index (χ2n) is 6.69. The third-order valence-corrected chi connectivity index (χ3v) is 6.67. The van der Waals surface area contributed by atoms with Crippen molar-refractivity contribution in [1.82, 2.24) is 3.97 Å². The summed E-state index contributed by atoms with van der Waals surface area (Å²) in [5.74, 6) is -0.434. The fourth-order valence-corrected chi connectivity index (χ4v) is 4.82. The van der Waals surface area contributed by atoms with Crippen LogP contribution in [0.25, 0.3) is 10.9 Å². The first-order valence-electron chi connectivity index (χ1n) is 8.43. The summed E-state index contributed by atoms with van der Waals surface area (Å²) < 4.78 is 32.5. The second kappa shape index (κ2) is 5.99. The van der Waals surface area contributed by atoms with Crippen molar-refractivity contribution >= 4 is 26.9 Å². The van der Waals surface area contributed by atoms with E-state index in [1.165, 1.54) is 11.1 Å². The Hall–Kier alpha value is -2.60. The normalized spacial score (nSPS) is 19.5. The Balaban J connectivity index is 1.84. The molecule has 1 aliphatic carbocycles. The molecule has 5 nitrogen and oxygen atoms in total. The molecule has 4 rings (SSSR count). The molecule has 2 aromatic carbocycles. The Kier molecular flexibility index (Phi) is 3.88. The van der Waals surface area contributed by atoms with Gasteiger partial charge < -0.3 is 4.74 Å². The fraction of sp³-hybridized carbons (Fsp3) is 0.250. The van der Waals surface area contributed by atoms with Crippen molar-refractivity contribution in [3.05, 3.63) is 65.9 Å². The zero-order valence-corrected chi connectivity index (χ0v) is 15.4. The fourth-order valence-electron chi connectivity index (χ4n) is 3.44. The second-order valence-corrected chi connectivity index (χ2v) is 8.50. The van der Waals surface area contributed by atoms with Crippen LogP contribution < -0.4 is 0 Å². The molecule has 26 heavy (non-hydrogen) atoms. The first kappa shape index (κ1) is 16.8. The van der Waals surface area contributed by atoms with E-state index in [0.717, 1.165) is 16.5 Å². The average Bonchev–Trinajstić information content (AvgIpc) is 3.34. The molecule has 1 heterocycles. The molecule has 2 atom stereocenters. The summed E-state index contributed by atoms with van der Waals surface area (Å²) in [6.45, 7) is 1.92. The van der Waals surface area contributed by atoms with E-state index in [4.69, 9.17) is 4.74 Å². The van der Waals surface area contributed by atoms with Gasteiger partial charge in [0.05, 0.1) is 23.4 Å². The topological polar surface area (TPSA) is 65.4 Å². The number of ether oxygens (including phenoxy) is 1. The van der Waals surface area contributed by atoms with Crippen LogP contribution in [0, 0.1) is 12.8 Å². The summed E-state index contributed by atoms with van der Waals surface area (Å²) in [7, 11) is -2.33. The Bertz CT molecular complexity index is 1100. The predicted molar refractivity (Wildman–Crippen MR) is 98.6 cm³/mol. The van der Waals surface area contributed by atoms with Gasteiger partial charge in [-0.2, -0.15) is 0 Å². The zero-order valence-electron chi connectivity index (χ0n) is 14.5. The molecule has 1 saturated carbocycles. The van der Waals surface area contributed by atoms with Crippen LogP contribution in [0.1, 0.15) is 23.5 Å². The number of aromatic nitrogens is 1. The molecule has 0 unspecified atom stereocenters. The van der Waals surface area contributed by atoms with Gasteiger partial charge in [0.1, 0.15) is 0 Å². The van der Waals surface area contributed by atoms with Crippen LogP contribution in [0.5, 0.6) is 0 Å². The molecule has 1 aromatic heterocycles. The number of hydrogen-bond acceptors (Lipinski definition) is 4. The number of hydrogen-bond donors (Lipinski definition) is 0. The van der Waals surface area contributed by atoms with Gasteiger partial charge in [-0.15, -0.1) is 0 Å². The average molecular weight is 369 g/mol. The summed E-state index contributed by atoms with van der Waals surface area (Å²) in [5.41, 5.74) is 2.51. The lowest BCUT2D eigenvalue weighted by Crippen LogP contribution is -2.11. The number of carbonyl (C=O) groups is 1. The summed E-state index contributed by atoms with van der Waals surface area (Å²) in [6, 6.07) is 14.2. The van der Waals surface area contributed by atoms with E-state index in [-0.39, 0.29) is 22.7 Å². The highest BCUT2D eigenvalue weighted by atomic mass is 32.2. The number of nitrogens with zero attached hydrogens (tertiary/aromatic N) is 1. The standard InChI is InChI=1S/C20H19NO4S/c1-13-7-9-14(10-8-13)26(23,24)21-12-18(15-5-3-4-6-19(15)21)16-11-17(16)20(22)25-2/h3-10,12,16-17H,11H2,1-2H3/t16-,17-/m0/s1. The Morgan fingerprint density at radius 1 is 1.12 bits per heavy atom. The highest BCUT2D eigenvalue weighted by molar-refractivity contribution is 7.90. The van der Waals surface area contributed by atoms with E-state index in [9.17, 15) is 13.2 Å². The number of benzene rings is 2. The first-order chi connectivity index (χ1) is 12.4. The van der Waals surface area contributed by atoms with Gasteiger partial charge in [0, 0.05) is 17.5 Å². The van der Waals surface area contributed by atoms with Crippen LogP contribution in [-0.4, -0.2) is 25.5 Å². The van der Waals surface area contributed by atoms with Crippen LogP contribution in [0.15, 0.2) is 59.6 Å². The van der Waals surface area contributed by atoms with Crippen LogP contribution in [0.4, 0.5) is 0 Å². The molecule has 0 saturated heterocycles. The van der Waals surface area contributed by atoms with Crippen molar-refractivity contribution in [3.8, 4) is 0 Å². The van der Waals surface area contributed by atoms with Crippen LogP contribution >= 0.6 is 0 Å². The van der Waals surface area contributed by atoms with E-state index in [1.807, 2.05) is 25.1 Å². The van der Waals surface area contributed by atoms with Gasteiger partial charge in [0.2, 0.25) is 0 Å². The summed E-state index contributed by atoms with van der Waals surface area (Å²) in [6.07, 6.45) is 2.35. The maximum Gasteiger partial charge on any atom is 0.309 e. The third kappa shape index (κ3) is 2.61. The zero-order chi connectivity index (χ0) is 18.5. The van der Waals surface area contributed by atoms with Gasteiger partial charge in [-0.25, -0.2) is 12.4 Å². The minimum Gasteiger partial charge on any atom is -0.469 e. The highest BCUT2D eigenvalue weighted by Gasteiger charge is 2.46. The molecule has 6 heteroatoms. The molecule has 1 fully saturated rings. The van der Waals surface area contributed by atoms with Crippen LogP contribution in [0.2, 0.25) is 0 Å². The van der Waals surface area contributed by atoms with E-state index < -0.39 is 10.0 Å². The van der Waals surface area contributed by atoms with Gasteiger partial charge in [-0.3, -0.25) is 4.79 Å². The van der Waals surface area contributed by atoms with Gasteiger partial charge in [-0.05, 0) is 37.1 Å². The van der Waals surface area contributed by atoms with E-state index >= 15 is 0 Å². The number of esters is 1. The van der Waals surface area contributed by atoms with Gasteiger partial charge in [-0.1, -0.05) is 35.9 Å². The Morgan fingerprint density at radius 2 is 1.81 bits per heavy atom. The van der Waals surface area contributed by atoms with Crippen molar-refractivity contribution in [3.63, 3.8) is 0 Å². The SMILES string of the molecule is COC(=O)[C@H]1C[C@@H]1c1cn(S(=O)(=O)c2ccc(C)cc2)c2ccccc12. The molecule has 0 N–H and O–H groups in total. The monoisotopic (exact) mass is 369 g/mol.